The van der Waals surface area contributed by atoms with Crippen LogP contribution in [0.25, 0.3) is 5.65 Å². The SMILES string of the molecule is COCCNCc1c(N2CCOCC2)nc2ccccn12. The first kappa shape index (κ1) is 14.3. The summed E-state index contributed by atoms with van der Waals surface area (Å²) in [5.41, 5.74) is 2.19. The van der Waals surface area contributed by atoms with Crippen LogP contribution in [0.2, 0.25) is 0 Å². The van der Waals surface area contributed by atoms with Gasteiger partial charge < -0.3 is 24.1 Å². The zero-order chi connectivity index (χ0) is 14.5. The summed E-state index contributed by atoms with van der Waals surface area (Å²) in [5.74, 6) is 1.06. The fraction of sp³-hybridized carbons (Fsp3) is 0.533. The molecule has 1 fully saturated rings. The van der Waals surface area contributed by atoms with Crippen molar-refractivity contribution in [2.24, 2.45) is 0 Å². The van der Waals surface area contributed by atoms with Gasteiger partial charge in [-0.3, -0.25) is 0 Å². The molecule has 0 amide bonds. The molecule has 3 heterocycles. The lowest BCUT2D eigenvalue weighted by Gasteiger charge is -2.27. The highest BCUT2D eigenvalue weighted by molar-refractivity contribution is 5.56. The third kappa shape index (κ3) is 3.18. The van der Waals surface area contributed by atoms with Crippen molar-refractivity contribution in [2.75, 3.05) is 51.5 Å². The molecule has 114 valence electrons. The van der Waals surface area contributed by atoms with Gasteiger partial charge in [-0.1, -0.05) is 6.07 Å². The molecule has 1 aliphatic heterocycles. The zero-order valence-electron chi connectivity index (χ0n) is 12.4. The van der Waals surface area contributed by atoms with Crippen LogP contribution in [0.5, 0.6) is 0 Å². The molecule has 0 bridgehead atoms. The van der Waals surface area contributed by atoms with E-state index in [2.05, 4.69) is 20.8 Å². The second-order valence-corrected chi connectivity index (χ2v) is 5.08. The number of nitrogens with zero attached hydrogens (tertiary/aromatic N) is 3. The van der Waals surface area contributed by atoms with Gasteiger partial charge in [-0.25, -0.2) is 4.98 Å². The van der Waals surface area contributed by atoms with E-state index in [0.29, 0.717) is 6.61 Å². The third-order valence-electron chi connectivity index (χ3n) is 3.69. The molecule has 0 spiro atoms. The van der Waals surface area contributed by atoms with Crippen LogP contribution >= 0.6 is 0 Å². The number of hydrogen-bond donors (Lipinski definition) is 1. The van der Waals surface area contributed by atoms with Crippen LogP contribution < -0.4 is 10.2 Å². The van der Waals surface area contributed by atoms with E-state index in [4.69, 9.17) is 14.5 Å². The summed E-state index contributed by atoms with van der Waals surface area (Å²) in [6.45, 7) is 5.66. The molecule has 6 heteroatoms. The normalized spacial score (nSPS) is 15.8. The Kier molecular flexibility index (Phi) is 4.69. The van der Waals surface area contributed by atoms with E-state index in [1.54, 1.807) is 7.11 Å². The number of rotatable bonds is 6. The first-order valence-electron chi connectivity index (χ1n) is 7.38. The Morgan fingerprint density at radius 1 is 1.33 bits per heavy atom. The van der Waals surface area contributed by atoms with Crippen LogP contribution in [-0.4, -0.2) is 55.9 Å². The molecule has 1 aliphatic rings. The molecule has 0 aromatic carbocycles. The number of aromatic nitrogens is 2. The van der Waals surface area contributed by atoms with Gasteiger partial charge in [0.1, 0.15) is 5.65 Å². The van der Waals surface area contributed by atoms with E-state index < -0.39 is 0 Å². The molecule has 21 heavy (non-hydrogen) atoms. The minimum atomic E-state index is 0.712. The molecule has 0 aliphatic carbocycles. The van der Waals surface area contributed by atoms with Gasteiger partial charge in [0.05, 0.1) is 25.5 Å². The van der Waals surface area contributed by atoms with E-state index in [0.717, 1.165) is 50.9 Å². The molecule has 2 aromatic rings. The topological polar surface area (TPSA) is 51.0 Å². The van der Waals surface area contributed by atoms with Gasteiger partial charge in [-0.05, 0) is 12.1 Å². The Morgan fingerprint density at radius 2 is 2.19 bits per heavy atom. The lowest BCUT2D eigenvalue weighted by Crippen LogP contribution is -2.37. The second kappa shape index (κ2) is 6.89. The molecule has 1 N–H and O–H groups in total. The van der Waals surface area contributed by atoms with Crippen molar-refractivity contribution in [1.82, 2.24) is 14.7 Å². The number of pyridine rings is 1. The number of methoxy groups -OCH3 is 1. The van der Waals surface area contributed by atoms with Crippen LogP contribution in [-0.2, 0) is 16.0 Å². The largest absolute Gasteiger partial charge is 0.383 e. The number of anilines is 1. The van der Waals surface area contributed by atoms with E-state index >= 15 is 0 Å². The number of imidazole rings is 1. The van der Waals surface area contributed by atoms with E-state index in [-0.39, 0.29) is 0 Å². The quantitative estimate of drug-likeness (QED) is 0.801. The molecule has 3 rings (SSSR count). The van der Waals surface area contributed by atoms with Crippen LogP contribution in [0.4, 0.5) is 5.82 Å². The average Bonchev–Trinajstić information content (AvgIpc) is 2.91. The lowest BCUT2D eigenvalue weighted by molar-refractivity contribution is 0.122. The highest BCUT2D eigenvalue weighted by Crippen LogP contribution is 2.22. The number of ether oxygens (including phenoxy) is 2. The standard InChI is InChI=1S/C15H22N4O2/c1-20-9-5-16-12-13-15(18-7-10-21-11-8-18)17-14-4-2-3-6-19(13)14/h2-4,6,16H,5,7-12H2,1H3. The van der Waals surface area contributed by atoms with Crippen LogP contribution in [0.3, 0.4) is 0 Å². The molecule has 0 unspecified atom stereocenters. The Morgan fingerprint density at radius 3 is 3.00 bits per heavy atom. The fourth-order valence-corrected chi connectivity index (χ4v) is 2.61. The van der Waals surface area contributed by atoms with Crippen LogP contribution in [0, 0.1) is 0 Å². The van der Waals surface area contributed by atoms with Crippen molar-refractivity contribution in [2.45, 2.75) is 6.54 Å². The second-order valence-electron chi connectivity index (χ2n) is 5.08. The molecule has 1 saturated heterocycles. The maximum absolute atomic E-state index is 5.44. The Bertz CT molecular complexity index is 578. The minimum absolute atomic E-state index is 0.712. The minimum Gasteiger partial charge on any atom is -0.383 e. The molecule has 0 saturated carbocycles. The molecule has 0 atom stereocenters. The zero-order valence-corrected chi connectivity index (χ0v) is 12.4. The first-order valence-corrected chi connectivity index (χ1v) is 7.38. The smallest absolute Gasteiger partial charge is 0.152 e. The van der Waals surface area contributed by atoms with Gasteiger partial charge in [0, 0.05) is 39.5 Å². The number of nitrogens with one attached hydrogen (secondary N) is 1. The Labute approximate surface area is 124 Å². The molecule has 2 aromatic heterocycles. The lowest BCUT2D eigenvalue weighted by atomic mass is 10.3. The molecule has 0 radical (unpaired) electrons. The molecule has 6 nitrogen and oxygen atoms in total. The Balaban J connectivity index is 1.86. The summed E-state index contributed by atoms with van der Waals surface area (Å²) in [6.07, 6.45) is 2.07. The van der Waals surface area contributed by atoms with Crippen molar-refractivity contribution in [3.05, 3.63) is 30.1 Å². The van der Waals surface area contributed by atoms with E-state index in [9.17, 15) is 0 Å². The molecular weight excluding hydrogens is 268 g/mol. The maximum atomic E-state index is 5.44. The van der Waals surface area contributed by atoms with Gasteiger partial charge in [-0.15, -0.1) is 0 Å². The van der Waals surface area contributed by atoms with Crippen molar-refractivity contribution < 1.29 is 9.47 Å². The van der Waals surface area contributed by atoms with Crippen molar-refractivity contribution in [3.8, 4) is 0 Å². The summed E-state index contributed by atoms with van der Waals surface area (Å²) in [5, 5.41) is 3.42. The Hall–Kier alpha value is -1.63. The van der Waals surface area contributed by atoms with Gasteiger partial charge in [0.25, 0.3) is 0 Å². The summed E-state index contributed by atoms with van der Waals surface area (Å²) >= 11 is 0. The van der Waals surface area contributed by atoms with E-state index in [1.807, 2.05) is 18.2 Å². The highest BCUT2D eigenvalue weighted by atomic mass is 16.5. The van der Waals surface area contributed by atoms with Gasteiger partial charge in [0.2, 0.25) is 0 Å². The van der Waals surface area contributed by atoms with Gasteiger partial charge >= 0.3 is 0 Å². The summed E-state index contributed by atoms with van der Waals surface area (Å²) in [7, 11) is 1.72. The van der Waals surface area contributed by atoms with Gasteiger partial charge in [-0.2, -0.15) is 0 Å². The van der Waals surface area contributed by atoms with Gasteiger partial charge in [0.15, 0.2) is 5.82 Å². The van der Waals surface area contributed by atoms with Crippen LogP contribution in [0.1, 0.15) is 5.69 Å². The number of fused-ring (bicyclic) bond motifs is 1. The molecular formula is C15H22N4O2. The summed E-state index contributed by atoms with van der Waals surface area (Å²) in [6, 6.07) is 6.10. The summed E-state index contributed by atoms with van der Waals surface area (Å²) < 4.78 is 12.7. The van der Waals surface area contributed by atoms with Crippen molar-refractivity contribution in [1.29, 1.82) is 0 Å². The predicted octanol–water partition coefficient (Wildman–Crippen LogP) is 0.907. The maximum Gasteiger partial charge on any atom is 0.152 e. The highest BCUT2D eigenvalue weighted by Gasteiger charge is 2.19. The fourth-order valence-electron chi connectivity index (χ4n) is 2.61. The predicted molar refractivity (Wildman–Crippen MR) is 81.8 cm³/mol. The van der Waals surface area contributed by atoms with Crippen molar-refractivity contribution in [3.63, 3.8) is 0 Å². The summed E-state index contributed by atoms with van der Waals surface area (Å²) in [4.78, 5) is 7.11. The first-order chi connectivity index (χ1) is 10.4. The van der Waals surface area contributed by atoms with Crippen molar-refractivity contribution >= 4 is 11.5 Å². The van der Waals surface area contributed by atoms with E-state index in [1.165, 1.54) is 5.69 Å². The number of morpholine rings is 1. The number of hydrogen-bond acceptors (Lipinski definition) is 5. The monoisotopic (exact) mass is 290 g/mol. The average molecular weight is 290 g/mol. The van der Waals surface area contributed by atoms with Crippen LogP contribution in [0.15, 0.2) is 24.4 Å². The third-order valence-corrected chi connectivity index (χ3v) is 3.69.